The van der Waals surface area contributed by atoms with E-state index < -0.39 is 5.41 Å². The maximum absolute atomic E-state index is 13.3. The minimum atomic E-state index is -0.469. The molecule has 1 aromatic rings. The number of benzene rings is 1. The highest BCUT2D eigenvalue weighted by atomic mass is 19.1. The lowest BCUT2D eigenvalue weighted by Crippen LogP contribution is -2.37. The van der Waals surface area contributed by atoms with Crippen molar-refractivity contribution in [3.63, 3.8) is 0 Å². The van der Waals surface area contributed by atoms with E-state index in [9.17, 15) is 14.0 Å². The van der Waals surface area contributed by atoms with Gasteiger partial charge in [-0.25, -0.2) is 4.39 Å². The first-order chi connectivity index (χ1) is 9.30. The van der Waals surface area contributed by atoms with Gasteiger partial charge in [-0.15, -0.1) is 0 Å². The molecule has 0 aromatic heterocycles. The summed E-state index contributed by atoms with van der Waals surface area (Å²) in [7, 11) is 0. The summed E-state index contributed by atoms with van der Waals surface area (Å²) in [5.74, 6) is -0.657. The average Bonchev–Trinajstić information content (AvgIpc) is 2.36. The predicted molar refractivity (Wildman–Crippen MR) is 75.3 cm³/mol. The van der Waals surface area contributed by atoms with Gasteiger partial charge >= 0.3 is 0 Å². The number of nitrogens with one attached hydrogen (secondary N) is 2. The molecule has 0 aliphatic rings. The normalized spacial score (nSPS) is 11.0. The van der Waals surface area contributed by atoms with Crippen LogP contribution in [0.4, 0.5) is 4.39 Å². The summed E-state index contributed by atoms with van der Waals surface area (Å²) in [6, 6.07) is 6.29. The van der Waals surface area contributed by atoms with Crippen molar-refractivity contribution in [2.24, 2.45) is 5.41 Å². The van der Waals surface area contributed by atoms with Crippen LogP contribution in [0.25, 0.3) is 0 Å². The highest BCUT2D eigenvalue weighted by Gasteiger charge is 2.20. The van der Waals surface area contributed by atoms with Gasteiger partial charge in [0.15, 0.2) is 0 Å². The fourth-order valence-electron chi connectivity index (χ4n) is 1.48. The minimum Gasteiger partial charge on any atom is -0.355 e. The third-order valence-corrected chi connectivity index (χ3v) is 2.75. The number of amides is 2. The second-order valence-corrected chi connectivity index (χ2v) is 5.62. The lowest BCUT2D eigenvalue weighted by molar-refractivity contribution is -0.128. The molecule has 0 spiro atoms. The van der Waals surface area contributed by atoms with Crippen LogP contribution in [0, 0.1) is 11.2 Å². The summed E-state index contributed by atoms with van der Waals surface area (Å²) in [4.78, 5) is 23.2. The molecule has 1 aromatic carbocycles. The second kappa shape index (κ2) is 7.03. The Balaban J connectivity index is 2.28. The molecular weight excluding hydrogens is 259 g/mol. The van der Waals surface area contributed by atoms with Gasteiger partial charge in [0, 0.05) is 30.5 Å². The summed E-state index contributed by atoms with van der Waals surface area (Å²) >= 11 is 0. The molecule has 0 aliphatic carbocycles. The first-order valence-corrected chi connectivity index (χ1v) is 6.59. The monoisotopic (exact) mass is 280 g/mol. The van der Waals surface area contributed by atoms with Crippen molar-refractivity contribution >= 4 is 11.8 Å². The van der Waals surface area contributed by atoms with Crippen molar-refractivity contribution in [2.75, 3.05) is 6.54 Å². The molecular formula is C15H21FN2O2. The number of carbonyl (C=O) groups excluding carboxylic acids is 2. The van der Waals surface area contributed by atoms with Crippen LogP contribution < -0.4 is 10.6 Å². The Morgan fingerprint density at radius 1 is 1.15 bits per heavy atom. The summed E-state index contributed by atoms with van der Waals surface area (Å²) in [5.41, 5.74) is -0.0246. The van der Waals surface area contributed by atoms with Gasteiger partial charge in [0.2, 0.25) is 11.8 Å². The molecule has 0 saturated heterocycles. The van der Waals surface area contributed by atoms with E-state index in [1.165, 1.54) is 6.07 Å². The highest BCUT2D eigenvalue weighted by molar-refractivity contribution is 5.82. The number of halogens is 1. The first-order valence-electron chi connectivity index (χ1n) is 6.59. The molecule has 0 fully saturated rings. The molecule has 4 nitrogen and oxygen atoms in total. The van der Waals surface area contributed by atoms with Gasteiger partial charge < -0.3 is 10.6 Å². The van der Waals surface area contributed by atoms with Crippen LogP contribution >= 0.6 is 0 Å². The lowest BCUT2D eigenvalue weighted by atomic mass is 9.96. The van der Waals surface area contributed by atoms with E-state index in [1.807, 2.05) is 0 Å². The van der Waals surface area contributed by atoms with Gasteiger partial charge in [0.05, 0.1) is 0 Å². The van der Waals surface area contributed by atoms with Crippen LogP contribution in [0.5, 0.6) is 0 Å². The molecule has 20 heavy (non-hydrogen) atoms. The van der Waals surface area contributed by atoms with E-state index in [4.69, 9.17) is 0 Å². The summed E-state index contributed by atoms with van der Waals surface area (Å²) in [6.45, 7) is 5.85. The van der Waals surface area contributed by atoms with Crippen molar-refractivity contribution < 1.29 is 14.0 Å². The van der Waals surface area contributed by atoms with Crippen LogP contribution in [0.2, 0.25) is 0 Å². The van der Waals surface area contributed by atoms with E-state index in [2.05, 4.69) is 10.6 Å². The summed E-state index contributed by atoms with van der Waals surface area (Å²) in [5, 5.41) is 5.31. The Kier molecular flexibility index (Phi) is 5.67. The quantitative estimate of drug-likeness (QED) is 0.866. The van der Waals surface area contributed by atoms with Gasteiger partial charge in [-0.3, -0.25) is 9.59 Å². The van der Waals surface area contributed by atoms with E-state index >= 15 is 0 Å². The van der Waals surface area contributed by atoms with Crippen molar-refractivity contribution in [3.05, 3.63) is 35.6 Å². The van der Waals surface area contributed by atoms with Crippen molar-refractivity contribution in [3.8, 4) is 0 Å². The molecule has 5 heteroatoms. The molecule has 2 N–H and O–H groups in total. The SMILES string of the molecule is CC(C)(C)C(=O)NCCC(=O)NCc1ccccc1F. The Labute approximate surface area is 118 Å². The van der Waals surface area contributed by atoms with E-state index in [-0.39, 0.29) is 37.1 Å². The van der Waals surface area contributed by atoms with Crippen LogP contribution in [-0.2, 0) is 16.1 Å². The molecule has 2 amide bonds. The molecule has 0 unspecified atom stereocenters. The fraction of sp³-hybridized carbons (Fsp3) is 0.467. The van der Waals surface area contributed by atoms with E-state index in [1.54, 1.807) is 39.0 Å². The Hall–Kier alpha value is -1.91. The third kappa shape index (κ3) is 5.38. The number of rotatable bonds is 5. The second-order valence-electron chi connectivity index (χ2n) is 5.62. The molecule has 0 aliphatic heterocycles. The number of hydrogen-bond acceptors (Lipinski definition) is 2. The molecule has 1 rings (SSSR count). The average molecular weight is 280 g/mol. The summed E-state index contributed by atoms with van der Waals surface area (Å²) < 4.78 is 13.3. The molecule has 0 bridgehead atoms. The van der Waals surface area contributed by atoms with Gasteiger partial charge in [-0.05, 0) is 6.07 Å². The van der Waals surface area contributed by atoms with E-state index in [0.717, 1.165) is 0 Å². The molecule has 110 valence electrons. The third-order valence-electron chi connectivity index (χ3n) is 2.75. The van der Waals surface area contributed by atoms with Crippen LogP contribution in [-0.4, -0.2) is 18.4 Å². The molecule has 0 saturated carbocycles. The fourth-order valence-corrected chi connectivity index (χ4v) is 1.48. The zero-order valence-electron chi connectivity index (χ0n) is 12.1. The smallest absolute Gasteiger partial charge is 0.225 e. The molecule has 0 atom stereocenters. The van der Waals surface area contributed by atoms with Gasteiger partial charge in [-0.1, -0.05) is 39.0 Å². The maximum Gasteiger partial charge on any atom is 0.225 e. The Morgan fingerprint density at radius 2 is 1.80 bits per heavy atom. The molecule has 0 heterocycles. The predicted octanol–water partition coefficient (Wildman–Crippen LogP) is 1.99. The van der Waals surface area contributed by atoms with Crippen molar-refractivity contribution in [1.29, 1.82) is 0 Å². The van der Waals surface area contributed by atoms with Crippen molar-refractivity contribution in [1.82, 2.24) is 10.6 Å². The van der Waals surface area contributed by atoms with Crippen LogP contribution in [0.1, 0.15) is 32.8 Å². The topological polar surface area (TPSA) is 58.2 Å². The van der Waals surface area contributed by atoms with Gasteiger partial charge in [0.25, 0.3) is 0 Å². The summed E-state index contributed by atoms with van der Waals surface area (Å²) in [6.07, 6.45) is 0.177. The zero-order valence-corrected chi connectivity index (χ0v) is 12.1. The lowest BCUT2D eigenvalue weighted by Gasteiger charge is -2.17. The van der Waals surface area contributed by atoms with E-state index in [0.29, 0.717) is 5.56 Å². The van der Waals surface area contributed by atoms with Crippen LogP contribution in [0.3, 0.4) is 0 Å². The molecule has 0 radical (unpaired) electrons. The standard InChI is InChI=1S/C15H21FN2O2/c1-15(2,3)14(20)17-9-8-13(19)18-10-11-6-4-5-7-12(11)16/h4-7H,8-10H2,1-3H3,(H,17,20)(H,18,19). The van der Waals surface area contributed by atoms with Crippen LogP contribution in [0.15, 0.2) is 24.3 Å². The highest BCUT2D eigenvalue weighted by Crippen LogP contribution is 2.12. The Bertz CT molecular complexity index is 481. The first kappa shape index (κ1) is 16.1. The van der Waals surface area contributed by atoms with Gasteiger partial charge in [-0.2, -0.15) is 0 Å². The zero-order chi connectivity index (χ0) is 15.2. The largest absolute Gasteiger partial charge is 0.355 e. The van der Waals surface area contributed by atoms with Gasteiger partial charge in [0.1, 0.15) is 5.82 Å². The minimum absolute atomic E-state index is 0.0978. The van der Waals surface area contributed by atoms with Crippen molar-refractivity contribution in [2.45, 2.75) is 33.7 Å². The number of hydrogen-bond donors (Lipinski definition) is 2. The maximum atomic E-state index is 13.3. The Morgan fingerprint density at radius 3 is 2.40 bits per heavy atom. The number of carbonyl (C=O) groups is 2.